The highest BCUT2D eigenvalue weighted by molar-refractivity contribution is 5.21. The van der Waals surface area contributed by atoms with Crippen LogP contribution in [0.3, 0.4) is 0 Å². The fourth-order valence-electron chi connectivity index (χ4n) is 3.42. The van der Waals surface area contributed by atoms with Gasteiger partial charge in [-0.3, -0.25) is 4.79 Å². The van der Waals surface area contributed by atoms with Gasteiger partial charge in [0.05, 0.1) is 5.69 Å². The van der Waals surface area contributed by atoms with Crippen LogP contribution in [0, 0.1) is 0 Å². The number of fused-ring (bicyclic) bond motifs is 1. The smallest absolute Gasteiger partial charge is 0.254 e. The average Bonchev–Trinajstić information content (AvgIpc) is 2.74. The maximum Gasteiger partial charge on any atom is 0.254 e. The molecule has 1 saturated heterocycles. The van der Waals surface area contributed by atoms with Gasteiger partial charge in [-0.25, -0.2) is 4.98 Å². The van der Waals surface area contributed by atoms with Crippen LogP contribution < -0.4 is 5.56 Å². The van der Waals surface area contributed by atoms with Crippen molar-refractivity contribution < 1.29 is 9.47 Å². The van der Waals surface area contributed by atoms with Crippen molar-refractivity contribution in [1.29, 1.82) is 0 Å². The zero-order valence-electron chi connectivity index (χ0n) is 12.7. The first-order valence-corrected chi connectivity index (χ1v) is 8.09. The third-order valence-corrected chi connectivity index (χ3v) is 4.59. The monoisotopic (exact) mass is 292 g/mol. The van der Waals surface area contributed by atoms with E-state index in [-0.39, 0.29) is 5.56 Å². The molecular formula is C16H24N2O3. The van der Waals surface area contributed by atoms with Gasteiger partial charge in [-0.2, -0.15) is 0 Å². The first-order chi connectivity index (χ1) is 10.2. The topological polar surface area (TPSA) is 64.2 Å². The van der Waals surface area contributed by atoms with Crippen LogP contribution in [0.5, 0.6) is 0 Å². The number of aromatic nitrogens is 2. The Morgan fingerprint density at radius 2 is 2.00 bits per heavy atom. The Hall–Kier alpha value is -1.20. The lowest BCUT2D eigenvalue weighted by atomic mass is 9.92. The largest absolute Gasteiger partial charge is 0.381 e. The van der Waals surface area contributed by atoms with Crippen LogP contribution >= 0.6 is 0 Å². The second-order valence-electron chi connectivity index (χ2n) is 5.94. The van der Waals surface area contributed by atoms with Gasteiger partial charge in [0.15, 0.2) is 0 Å². The molecule has 1 aliphatic heterocycles. The first-order valence-electron chi connectivity index (χ1n) is 8.09. The van der Waals surface area contributed by atoms with Gasteiger partial charge in [0.25, 0.3) is 5.56 Å². The molecule has 1 aromatic rings. The Bertz CT molecular complexity index is 541. The average molecular weight is 292 g/mol. The van der Waals surface area contributed by atoms with E-state index in [1.807, 2.05) is 6.92 Å². The van der Waals surface area contributed by atoms with Gasteiger partial charge in [-0.15, -0.1) is 0 Å². The number of nitrogens with one attached hydrogen (secondary N) is 1. The molecule has 5 heteroatoms. The summed E-state index contributed by atoms with van der Waals surface area (Å²) in [5, 5.41) is 0. The summed E-state index contributed by atoms with van der Waals surface area (Å²) in [5.41, 5.74) is 1.42. The fraction of sp³-hybridized carbons (Fsp3) is 0.750. The molecule has 0 saturated carbocycles. The van der Waals surface area contributed by atoms with Crippen LogP contribution in [0.1, 0.15) is 56.1 Å². The molecule has 0 bridgehead atoms. The minimum absolute atomic E-state index is 0.0301. The van der Waals surface area contributed by atoms with E-state index in [2.05, 4.69) is 4.98 Å². The molecule has 0 aromatic carbocycles. The zero-order chi connectivity index (χ0) is 14.7. The molecule has 2 heterocycles. The van der Waals surface area contributed by atoms with Gasteiger partial charge in [0, 0.05) is 38.2 Å². The summed E-state index contributed by atoms with van der Waals surface area (Å²) in [6.45, 7) is 3.90. The molecule has 5 nitrogen and oxygen atoms in total. The van der Waals surface area contributed by atoms with Crippen molar-refractivity contribution in [1.82, 2.24) is 9.97 Å². The van der Waals surface area contributed by atoms with E-state index in [1.165, 1.54) is 6.42 Å². The van der Waals surface area contributed by atoms with Crippen LogP contribution in [0.4, 0.5) is 0 Å². The third kappa shape index (κ3) is 2.90. The van der Waals surface area contributed by atoms with Crippen molar-refractivity contribution in [3.63, 3.8) is 0 Å². The molecule has 1 aromatic heterocycles. The number of aromatic amines is 1. The van der Waals surface area contributed by atoms with E-state index in [1.54, 1.807) is 0 Å². The van der Waals surface area contributed by atoms with Gasteiger partial charge >= 0.3 is 0 Å². The lowest BCUT2D eigenvalue weighted by Gasteiger charge is -2.36. The summed E-state index contributed by atoms with van der Waals surface area (Å²) in [7, 11) is 0. The Labute approximate surface area is 125 Å². The summed E-state index contributed by atoms with van der Waals surface area (Å²) in [5.74, 6) is 0.707. The van der Waals surface area contributed by atoms with Gasteiger partial charge in [0.2, 0.25) is 0 Å². The lowest BCUT2D eigenvalue weighted by molar-refractivity contribution is -0.118. The standard InChI is InChI=1S/C16H24N2O3/c1-2-21-16(8-10-20-11-9-16)15-17-13-7-5-3-4-6-12(13)14(19)18-15/h2-11H2,1H3,(H,17,18,19). The summed E-state index contributed by atoms with van der Waals surface area (Å²) < 4.78 is 11.5. The van der Waals surface area contributed by atoms with Crippen molar-refractivity contribution >= 4 is 0 Å². The van der Waals surface area contributed by atoms with Crippen LogP contribution in [0.2, 0.25) is 0 Å². The van der Waals surface area contributed by atoms with Crippen molar-refractivity contribution in [2.75, 3.05) is 19.8 Å². The molecule has 0 radical (unpaired) electrons. The second kappa shape index (κ2) is 6.28. The zero-order valence-corrected chi connectivity index (χ0v) is 12.7. The van der Waals surface area contributed by atoms with E-state index < -0.39 is 5.60 Å². The maximum absolute atomic E-state index is 12.4. The molecule has 1 aliphatic carbocycles. The van der Waals surface area contributed by atoms with Crippen LogP contribution in [-0.4, -0.2) is 29.8 Å². The summed E-state index contributed by atoms with van der Waals surface area (Å²) in [6.07, 6.45) is 6.64. The highest BCUT2D eigenvalue weighted by Crippen LogP contribution is 2.34. The Morgan fingerprint density at radius 1 is 1.24 bits per heavy atom. The minimum Gasteiger partial charge on any atom is -0.381 e. The van der Waals surface area contributed by atoms with Crippen LogP contribution in [-0.2, 0) is 27.9 Å². The Balaban J connectivity index is 2.02. The number of hydrogen-bond donors (Lipinski definition) is 1. The minimum atomic E-state index is -0.479. The predicted octanol–water partition coefficient (Wildman–Crippen LogP) is 2.08. The summed E-state index contributed by atoms with van der Waals surface area (Å²) in [6, 6.07) is 0. The molecule has 0 atom stereocenters. The van der Waals surface area contributed by atoms with E-state index in [9.17, 15) is 4.79 Å². The number of aryl methyl sites for hydroxylation is 1. The quantitative estimate of drug-likeness (QED) is 0.866. The van der Waals surface area contributed by atoms with Crippen molar-refractivity contribution in [3.8, 4) is 0 Å². The highest BCUT2D eigenvalue weighted by atomic mass is 16.5. The van der Waals surface area contributed by atoms with Crippen molar-refractivity contribution in [3.05, 3.63) is 27.4 Å². The molecule has 2 aliphatic rings. The number of rotatable bonds is 3. The first kappa shape index (κ1) is 14.7. The fourth-order valence-corrected chi connectivity index (χ4v) is 3.42. The molecule has 1 fully saturated rings. The molecule has 0 amide bonds. The van der Waals surface area contributed by atoms with Gasteiger partial charge in [-0.05, 0) is 32.6 Å². The second-order valence-corrected chi connectivity index (χ2v) is 5.94. The Morgan fingerprint density at radius 3 is 2.76 bits per heavy atom. The Kier molecular flexibility index (Phi) is 4.40. The van der Waals surface area contributed by atoms with Gasteiger partial charge in [-0.1, -0.05) is 6.42 Å². The molecule has 3 rings (SSSR count). The number of ether oxygens (including phenoxy) is 2. The van der Waals surface area contributed by atoms with Crippen molar-refractivity contribution in [2.24, 2.45) is 0 Å². The van der Waals surface area contributed by atoms with E-state index in [0.29, 0.717) is 25.6 Å². The molecule has 1 N–H and O–H groups in total. The highest BCUT2D eigenvalue weighted by Gasteiger charge is 2.38. The molecule has 0 spiro atoms. The lowest BCUT2D eigenvalue weighted by Crippen LogP contribution is -2.40. The molecular weight excluding hydrogens is 268 g/mol. The molecule has 0 unspecified atom stereocenters. The molecule has 116 valence electrons. The number of nitrogens with zero attached hydrogens (tertiary/aromatic N) is 1. The van der Waals surface area contributed by atoms with Gasteiger partial charge < -0.3 is 14.5 Å². The third-order valence-electron chi connectivity index (χ3n) is 4.59. The number of H-pyrrole nitrogens is 1. The summed E-state index contributed by atoms with van der Waals surface area (Å²) >= 11 is 0. The van der Waals surface area contributed by atoms with Crippen LogP contribution in [0.25, 0.3) is 0 Å². The van der Waals surface area contributed by atoms with Gasteiger partial charge in [0.1, 0.15) is 11.4 Å². The maximum atomic E-state index is 12.4. The van der Waals surface area contributed by atoms with E-state index in [4.69, 9.17) is 14.5 Å². The van der Waals surface area contributed by atoms with Crippen LogP contribution in [0.15, 0.2) is 4.79 Å². The normalized spacial score (nSPS) is 21.6. The van der Waals surface area contributed by atoms with E-state index >= 15 is 0 Å². The summed E-state index contributed by atoms with van der Waals surface area (Å²) in [4.78, 5) is 20.3. The molecule has 21 heavy (non-hydrogen) atoms. The van der Waals surface area contributed by atoms with Crippen molar-refractivity contribution in [2.45, 2.75) is 57.5 Å². The SMILES string of the molecule is CCOC1(c2nc3c(c(=O)[nH]2)CCCCC3)CCOCC1. The predicted molar refractivity (Wildman–Crippen MR) is 79.5 cm³/mol. The number of hydrogen-bond acceptors (Lipinski definition) is 4. The van der Waals surface area contributed by atoms with E-state index in [0.717, 1.165) is 49.8 Å².